The third-order valence-electron chi connectivity index (χ3n) is 4.04. The number of likely N-dealkylation sites (N-methyl/N-ethyl adjacent to an activating group) is 1. The van der Waals surface area contributed by atoms with Gasteiger partial charge >= 0.3 is 0 Å². The van der Waals surface area contributed by atoms with Crippen molar-refractivity contribution in [3.8, 4) is 5.75 Å². The summed E-state index contributed by atoms with van der Waals surface area (Å²) in [7, 11) is 2.11. The molecule has 0 aliphatic heterocycles. The summed E-state index contributed by atoms with van der Waals surface area (Å²) in [6.45, 7) is 1.59. The van der Waals surface area contributed by atoms with E-state index in [1.807, 2.05) is 36.4 Å². The molecule has 0 spiro atoms. The standard InChI is InChI=1S/C21H20Br2N2O/c1-25(14-17-10-5-6-11-18(17)22)15-20(16-8-3-2-4-9-16)26-19-12-7-13-24-21(19)23/h2-13,20H,14-15H2,1H3/t20-/m1/s1. The van der Waals surface area contributed by atoms with E-state index in [0.717, 1.165) is 33.5 Å². The lowest BCUT2D eigenvalue weighted by molar-refractivity contribution is 0.144. The highest BCUT2D eigenvalue weighted by atomic mass is 79.9. The molecule has 0 saturated heterocycles. The highest BCUT2D eigenvalue weighted by Crippen LogP contribution is 2.28. The Morgan fingerprint density at radius 3 is 2.42 bits per heavy atom. The SMILES string of the molecule is CN(Cc1ccccc1Br)C[C@@H](Oc1cccnc1Br)c1ccccc1. The number of halogens is 2. The van der Waals surface area contributed by atoms with E-state index in [2.05, 4.69) is 79.1 Å². The fraction of sp³-hybridized carbons (Fsp3) is 0.190. The van der Waals surface area contributed by atoms with Gasteiger partial charge in [0.1, 0.15) is 10.7 Å². The average Bonchev–Trinajstić information content (AvgIpc) is 2.65. The molecule has 2 aromatic carbocycles. The van der Waals surface area contributed by atoms with Gasteiger partial charge in [-0.15, -0.1) is 0 Å². The van der Waals surface area contributed by atoms with E-state index in [1.165, 1.54) is 5.56 Å². The van der Waals surface area contributed by atoms with Crippen LogP contribution in [0.25, 0.3) is 0 Å². The largest absolute Gasteiger partial charge is 0.482 e. The van der Waals surface area contributed by atoms with Crippen molar-refractivity contribution < 1.29 is 4.74 Å². The van der Waals surface area contributed by atoms with E-state index in [4.69, 9.17) is 4.74 Å². The van der Waals surface area contributed by atoms with Gasteiger partial charge in [-0.25, -0.2) is 4.98 Å². The number of aromatic nitrogens is 1. The van der Waals surface area contributed by atoms with E-state index >= 15 is 0 Å². The first kappa shape index (κ1) is 19.1. The van der Waals surface area contributed by atoms with Crippen LogP contribution < -0.4 is 4.74 Å². The molecule has 5 heteroatoms. The third kappa shape index (κ3) is 5.16. The van der Waals surface area contributed by atoms with Crippen molar-refractivity contribution in [3.63, 3.8) is 0 Å². The minimum Gasteiger partial charge on any atom is -0.482 e. The van der Waals surface area contributed by atoms with Crippen molar-refractivity contribution in [2.24, 2.45) is 0 Å². The fourth-order valence-electron chi connectivity index (χ4n) is 2.76. The molecule has 1 aromatic heterocycles. The summed E-state index contributed by atoms with van der Waals surface area (Å²) in [5.41, 5.74) is 2.40. The van der Waals surface area contributed by atoms with Crippen molar-refractivity contribution >= 4 is 31.9 Å². The van der Waals surface area contributed by atoms with Crippen molar-refractivity contribution in [2.45, 2.75) is 12.6 Å². The molecule has 26 heavy (non-hydrogen) atoms. The summed E-state index contributed by atoms with van der Waals surface area (Å²) in [6, 6.07) is 22.4. The minimum absolute atomic E-state index is 0.0933. The summed E-state index contributed by atoms with van der Waals surface area (Å²) in [5, 5.41) is 0. The van der Waals surface area contributed by atoms with E-state index in [-0.39, 0.29) is 6.10 Å². The molecule has 0 radical (unpaired) electrons. The first-order chi connectivity index (χ1) is 12.6. The first-order valence-corrected chi connectivity index (χ1v) is 9.96. The molecule has 3 rings (SSSR count). The van der Waals surface area contributed by atoms with Gasteiger partial charge in [0.2, 0.25) is 0 Å². The highest BCUT2D eigenvalue weighted by Gasteiger charge is 2.18. The van der Waals surface area contributed by atoms with Gasteiger partial charge in [0, 0.05) is 23.8 Å². The van der Waals surface area contributed by atoms with E-state index in [0.29, 0.717) is 0 Å². The Balaban J connectivity index is 1.77. The van der Waals surface area contributed by atoms with Crippen molar-refractivity contribution in [2.75, 3.05) is 13.6 Å². The molecule has 0 fully saturated rings. The molecule has 1 atom stereocenters. The lowest BCUT2D eigenvalue weighted by Crippen LogP contribution is -2.27. The maximum atomic E-state index is 6.31. The zero-order valence-corrected chi connectivity index (χ0v) is 17.7. The van der Waals surface area contributed by atoms with Crippen LogP contribution in [-0.2, 0) is 6.54 Å². The maximum Gasteiger partial charge on any atom is 0.153 e. The Hall–Kier alpha value is -1.69. The van der Waals surface area contributed by atoms with Gasteiger partial charge in [0.15, 0.2) is 5.75 Å². The first-order valence-electron chi connectivity index (χ1n) is 8.37. The molecule has 134 valence electrons. The van der Waals surface area contributed by atoms with E-state index in [9.17, 15) is 0 Å². The summed E-state index contributed by atoms with van der Waals surface area (Å²) in [5.74, 6) is 0.746. The Morgan fingerprint density at radius 1 is 0.962 bits per heavy atom. The number of pyridine rings is 1. The van der Waals surface area contributed by atoms with E-state index < -0.39 is 0 Å². The van der Waals surface area contributed by atoms with E-state index in [1.54, 1.807) is 6.20 Å². The predicted octanol–water partition coefficient (Wildman–Crippen LogP) is 5.86. The molecule has 0 amide bonds. The molecule has 0 aliphatic carbocycles. The fourth-order valence-corrected chi connectivity index (χ4v) is 3.51. The van der Waals surface area contributed by atoms with Gasteiger partial charge in [-0.1, -0.05) is 64.5 Å². The number of hydrogen-bond acceptors (Lipinski definition) is 3. The topological polar surface area (TPSA) is 25.4 Å². The Kier molecular flexibility index (Phi) is 6.83. The van der Waals surface area contributed by atoms with Crippen molar-refractivity contribution in [3.05, 3.63) is 93.1 Å². The summed E-state index contributed by atoms with van der Waals surface area (Å²) < 4.78 is 8.15. The van der Waals surface area contributed by atoms with Crippen molar-refractivity contribution in [1.82, 2.24) is 9.88 Å². The van der Waals surface area contributed by atoms with Gasteiger partial charge in [-0.3, -0.25) is 4.90 Å². The second-order valence-corrected chi connectivity index (χ2v) is 7.70. The lowest BCUT2D eigenvalue weighted by atomic mass is 10.1. The molecule has 0 aliphatic rings. The highest BCUT2D eigenvalue weighted by molar-refractivity contribution is 9.10. The van der Waals surface area contributed by atoms with Crippen molar-refractivity contribution in [1.29, 1.82) is 0 Å². The molecule has 0 N–H and O–H groups in total. The summed E-state index contributed by atoms with van der Waals surface area (Å²) in [6.07, 6.45) is 1.65. The van der Waals surface area contributed by atoms with Gasteiger partial charge in [-0.2, -0.15) is 0 Å². The van der Waals surface area contributed by atoms with Crippen LogP contribution in [0.3, 0.4) is 0 Å². The third-order valence-corrected chi connectivity index (χ3v) is 5.41. The van der Waals surface area contributed by atoms with Crippen LogP contribution >= 0.6 is 31.9 Å². The van der Waals surface area contributed by atoms with Crippen LogP contribution in [0.1, 0.15) is 17.2 Å². The molecular weight excluding hydrogens is 456 g/mol. The predicted molar refractivity (Wildman–Crippen MR) is 112 cm³/mol. The van der Waals surface area contributed by atoms with Crippen LogP contribution in [0.15, 0.2) is 82.0 Å². The normalized spacial score (nSPS) is 12.2. The monoisotopic (exact) mass is 474 g/mol. The summed E-state index contributed by atoms with van der Waals surface area (Å²) in [4.78, 5) is 6.52. The summed E-state index contributed by atoms with van der Waals surface area (Å²) >= 11 is 7.10. The Labute approximate surface area is 171 Å². The maximum absolute atomic E-state index is 6.31. The quantitative estimate of drug-likeness (QED) is 0.400. The Morgan fingerprint density at radius 2 is 1.69 bits per heavy atom. The molecule has 0 saturated carbocycles. The molecule has 3 aromatic rings. The van der Waals surface area contributed by atoms with Crippen LogP contribution in [0.5, 0.6) is 5.75 Å². The second kappa shape index (κ2) is 9.31. The number of benzene rings is 2. The lowest BCUT2D eigenvalue weighted by Gasteiger charge is -2.26. The molecule has 0 bridgehead atoms. The van der Waals surface area contributed by atoms with Gasteiger partial charge < -0.3 is 4.74 Å². The zero-order valence-electron chi connectivity index (χ0n) is 14.5. The second-order valence-electron chi connectivity index (χ2n) is 6.10. The van der Waals surface area contributed by atoms with Gasteiger partial charge in [0.05, 0.1) is 0 Å². The van der Waals surface area contributed by atoms with Crippen LogP contribution in [0.4, 0.5) is 0 Å². The van der Waals surface area contributed by atoms with Gasteiger partial charge in [-0.05, 0) is 52.3 Å². The number of nitrogens with zero attached hydrogens (tertiary/aromatic N) is 2. The average molecular weight is 476 g/mol. The number of ether oxygens (including phenoxy) is 1. The smallest absolute Gasteiger partial charge is 0.153 e. The number of rotatable bonds is 7. The van der Waals surface area contributed by atoms with Gasteiger partial charge in [0.25, 0.3) is 0 Å². The Bertz CT molecular complexity index is 842. The van der Waals surface area contributed by atoms with Crippen LogP contribution in [0, 0.1) is 0 Å². The molecule has 0 unspecified atom stereocenters. The van der Waals surface area contributed by atoms with Crippen LogP contribution in [-0.4, -0.2) is 23.5 Å². The molecular formula is C21H20Br2N2O. The van der Waals surface area contributed by atoms with Crippen LogP contribution in [0.2, 0.25) is 0 Å². The molecule has 1 heterocycles. The number of hydrogen-bond donors (Lipinski definition) is 0. The minimum atomic E-state index is -0.0933. The zero-order chi connectivity index (χ0) is 18.4. The molecule has 3 nitrogen and oxygen atoms in total.